The van der Waals surface area contributed by atoms with Crippen LogP contribution in [0.3, 0.4) is 0 Å². The van der Waals surface area contributed by atoms with Gasteiger partial charge in [-0.3, -0.25) is 0 Å². The smallest absolute Gasteiger partial charge is 0.0392 e. The van der Waals surface area contributed by atoms with Crippen molar-refractivity contribution < 1.29 is 0 Å². The third-order valence-electron chi connectivity index (χ3n) is 4.92. The molecule has 0 unspecified atom stereocenters. The van der Waals surface area contributed by atoms with Gasteiger partial charge in [-0.1, -0.05) is 65.3 Å². The standard InChI is InChI=1S/C21H41N/c1-9-12-13-14-15-16-17-20(7,8)22-21(10-2,11-3)19(6)18(4)5/h12-13,18,22H,6,9-11,14-17H2,1-5,7-8H3/b13-12-. The molecule has 0 radical (unpaired) electrons. The number of unbranched alkanes of at least 4 members (excludes halogenated alkanes) is 2. The van der Waals surface area contributed by atoms with Gasteiger partial charge in [0, 0.05) is 11.1 Å². The Hall–Kier alpha value is -0.560. The van der Waals surface area contributed by atoms with E-state index < -0.39 is 0 Å². The molecule has 0 aromatic rings. The Bertz CT molecular complexity index is 332. The molecule has 1 N–H and O–H groups in total. The molecule has 1 heteroatoms. The third kappa shape index (κ3) is 7.13. The predicted molar refractivity (Wildman–Crippen MR) is 102 cm³/mol. The van der Waals surface area contributed by atoms with Crippen molar-refractivity contribution in [3.8, 4) is 0 Å². The van der Waals surface area contributed by atoms with Crippen molar-refractivity contribution in [3.05, 3.63) is 24.3 Å². The van der Waals surface area contributed by atoms with Crippen molar-refractivity contribution in [2.75, 3.05) is 0 Å². The lowest BCUT2D eigenvalue weighted by Gasteiger charge is -2.44. The minimum absolute atomic E-state index is 0.0831. The van der Waals surface area contributed by atoms with Gasteiger partial charge in [-0.25, -0.2) is 0 Å². The summed E-state index contributed by atoms with van der Waals surface area (Å²) in [7, 11) is 0. The highest BCUT2D eigenvalue weighted by Gasteiger charge is 2.35. The van der Waals surface area contributed by atoms with Gasteiger partial charge in [0.2, 0.25) is 0 Å². The Labute approximate surface area is 140 Å². The Morgan fingerprint density at radius 1 is 1.05 bits per heavy atom. The maximum Gasteiger partial charge on any atom is 0.0392 e. The second-order valence-electron chi connectivity index (χ2n) is 7.60. The minimum Gasteiger partial charge on any atom is -0.303 e. The molecular formula is C21H41N. The fraction of sp³-hybridized carbons (Fsp3) is 0.810. The average Bonchev–Trinajstić information content (AvgIpc) is 2.47. The molecule has 0 amide bonds. The van der Waals surface area contributed by atoms with Crippen LogP contribution in [0.5, 0.6) is 0 Å². The summed E-state index contributed by atoms with van der Waals surface area (Å²) in [5, 5.41) is 3.97. The van der Waals surface area contributed by atoms with E-state index in [1.54, 1.807) is 0 Å². The van der Waals surface area contributed by atoms with E-state index in [4.69, 9.17) is 0 Å². The van der Waals surface area contributed by atoms with Gasteiger partial charge < -0.3 is 5.32 Å². The number of rotatable bonds is 12. The molecule has 0 fully saturated rings. The van der Waals surface area contributed by atoms with E-state index in [0.29, 0.717) is 5.92 Å². The molecule has 0 heterocycles. The van der Waals surface area contributed by atoms with E-state index in [2.05, 4.69) is 72.5 Å². The number of hydrogen-bond donors (Lipinski definition) is 1. The fourth-order valence-corrected chi connectivity index (χ4v) is 3.34. The summed E-state index contributed by atoms with van der Waals surface area (Å²) in [5.74, 6) is 0.530. The first kappa shape index (κ1) is 21.4. The second-order valence-corrected chi connectivity index (χ2v) is 7.60. The van der Waals surface area contributed by atoms with Crippen LogP contribution in [-0.4, -0.2) is 11.1 Å². The van der Waals surface area contributed by atoms with E-state index in [1.165, 1.54) is 31.3 Å². The molecule has 0 aromatic heterocycles. The van der Waals surface area contributed by atoms with Crippen molar-refractivity contribution in [2.24, 2.45) is 5.92 Å². The third-order valence-corrected chi connectivity index (χ3v) is 4.92. The monoisotopic (exact) mass is 307 g/mol. The topological polar surface area (TPSA) is 12.0 Å². The molecule has 1 nitrogen and oxygen atoms in total. The molecule has 0 atom stereocenters. The van der Waals surface area contributed by atoms with Crippen molar-refractivity contribution in [2.45, 2.75) is 104 Å². The van der Waals surface area contributed by atoms with Crippen molar-refractivity contribution in [3.63, 3.8) is 0 Å². The van der Waals surface area contributed by atoms with Gasteiger partial charge in [0.05, 0.1) is 0 Å². The number of allylic oxidation sites excluding steroid dienone is 2. The predicted octanol–water partition coefficient (Wildman–Crippen LogP) is 6.65. The van der Waals surface area contributed by atoms with Crippen LogP contribution < -0.4 is 5.32 Å². The quantitative estimate of drug-likeness (QED) is 0.314. The molecule has 0 aromatic carbocycles. The summed E-state index contributed by atoms with van der Waals surface area (Å²) in [5.41, 5.74) is 1.61. The van der Waals surface area contributed by atoms with Crippen molar-refractivity contribution >= 4 is 0 Å². The summed E-state index contributed by atoms with van der Waals surface area (Å²) in [6.07, 6.45) is 13.0. The molecular weight excluding hydrogens is 266 g/mol. The summed E-state index contributed by atoms with van der Waals surface area (Å²) in [6, 6.07) is 0. The zero-order valence-electron chi connectivity index (χ0n) is 16.4. The zero-order chi connectivity index (χ0) is 17.2. The molecule has 22 heavy (non-hydrogen) atoms. The SMILES string of the molecule is C=C(C(C)C)C(CC)(CC)NC(C)(C)CCCC/C=C\CC. The Morgan fingerprint density at radius 2 is 1.64 bits per heavy atom. The van der Waals surface area contributed by atoms with Gasteiger partial charge in [-0.2, -0.15) is 0 Å². The van der Waals surface area contributed by atoms with Crippen LogP contribution in [0.1, 0.15) is 93.4 Å². The molecule has 0 spiro atoms. The maximum absolute atomic E-state index is 4.41. The fourth-order valence-electron chi connectivity index (χ4n) is 3.34. The van der Waals surface area contributed by atoms with E-state index in [9.17, 15) is 0 Å². The van der Waals surface area contributed by atoms with E-state index >= 15 is 0 Å². The highest BCUT2D eigenvalue weighted by molar-refractivity contribution is 5.19. The normalized spacial score (nSPS) is 13.3. The summed E-state index contributed by atoms with van der Waals surface area (Å²) in [4.78, 5) is 0. The number of hydrogen-bond acceptors (Lipinski definition) is 1. The largest absolute Gasteiger partial charge is 0.303 e. The average molecular weight is 308 g/mol. The molecule has 0 saturated heterocycles. The number of nitrogens with one attached hydrogen (secondary N) is 1. The minimum atomic E-state index is 0.0831. The molecule has 0 bridgehead atoms. The first-order valence-electron chi connectivity index (χ1n) is 9.38. The van der Waals surface area contributed by atoms with Gasteiger partial charge in [-0.05, 0) is 58.3 Å². The summed E-state index contributed by atoms with van der Waals surface area (Å²) in [6.45, 7) is 20.4. The zero-order valence-corrected chi connectivity index (χ0v) is 16.4. The van der Waals surface area contributed by atoms with E-state index in [0.717, 1.165) is 19.3 Å². The second kappa shape index (κ2) is 10.3. The van der Waals surface area contributed by atoms with Crippen LogP contribution >= 0.6 is 0 Å². The first-order valence-corrected chi connectivity index (χ1v) is 9.38. The van der Waals surface area contributed by atoms with Crippen LogP contribution in [0, 0.1) is 5.92 Å². The van der Waals surface area contributed by atoms with Gasteiger partial charge in [0.15, 0.2) is 0 Å². The van der Waals surface area contributed by atoms with Gasteiger partial charge >= 0.3 is 0 Å². The Balaban J connectivity index is 4.62. The lowest BCUT2D eigenvalue weighted by Crippen LogP contribution is -2.56. The van der Waals surface area contributed by atoms with Gasteiger partial charge in [0.1, 0.15) is 0 Å². The molecule has 0 aliphatic carbocycles. The lowest BCUT2D eigenvalue weighted by molar-refractivity contribution is 0.223. The van der Waals surface area contributed by atoms with Crippen molar-refractivity contribution in [1.82, 2.24) is 5.32 Å². The lowest BCUT2D eigenvalue weighted by atomic mass is 9.77. The molecule has 0 aliphatic rings. The molecule has 0 aliphatic heterocycles. The first-order chi connectivity index (χ1) is 10.2. The Morgan fingerprint density at radius 3 is 2.09 bits per heavy atom. The maximum atomic E-state index is 4.41. The highest BCUT2D eigenvalue weighted by Crippen LogP contribution is 2.32. The molecule has 0 rings (SSSR count). The molecule has 0 saturated carbocycles. The van der Waals surface area contributed by atoms with Gasteiger partial charge in [-0.15, -0.1) is 0 Å². The summed E-state index contributed by atoms with van der Waals surface area (Å²) >= 11 is 0. The van der Waals surface area contributed by atoms with E-state index in [1.807, 2.05) is 0 Å². The van der Waals surface area contributed by atoms with Crippen LogP contribution in [-0.2, 0) is 0 Å². The van der Waals surface area contributed by atoms with E-state index in [-0.39, 0.29) is 11.1 Å². The van der Waals surface area contributed by atoms with Crippen LogP contribution in [0.4, 0.5) is 0 Å². The van der Waals surface area contributed by atoms with Crippen LogP contribution in [0.2, 0.25) is 0 Å². The highest BCUT2D eigenvalue weighted by atomic mass is 15.0. The molecule has 130 valence electrons. The van der Waals surface area contributed by atoms with Crippen molar-refractivity contribution in [1.29, 1.82) is 0 Å². The van der Waals surface area contributed by atoms with Crippen LogP contribution in [0.25, 0.3) is 0 Å². The Kier molecular flexibility index (Phi) is 10.00. The van der Waals surface area contributed by atoms with Gasteiger partial charge in [0.25, 0.3) is 0 Å². The summed E-state index contributed by atoms with van der Waals surface area (Å²) < 4.78 is 0. The van der Waals surface area contributed by atoms with Crippen LogP contribution in [0.15, 0.2) is 24.3 Å².